The van der Waals surface area contributed by atoms with Crippen LogP contribution in [0.1, 0.15) is 36.5 Å². The fourth-order valence-electron chi connectivity index (χ4n) is 3.21. The summed E-state index contributed by atoms with van der Waals surface area (Å²) >= 11 is 9.52. The third kappa shape index (κ3) is 8.34. The maximum atomic E-state index is 12.1. The number of ether oxygens (including phenoxy) is 2. The molecule has 0 saturated carbocycles. The second-order valence-electron chi connectivity index (χ2n) is 7.64. The molecule has 0 fully saturated rings. The number of nitrogens with one attached hydrogen (secondary N) is 2. The van der Waals surface area contributed by atoms with Crippen LogP contribution in [0.4, 0.5) is 5.69 Å². The van der Waals surface area contributed by atoms with Crippen molar-refractivity contribution in [3.63, 3.8) is 0 Å². The van der Waals surface area contributed by atoms with Crippen LogP contribution in [0.3, 0.4) is 0 Å². The number of hydrogen-bond acceptors (Lipinski definition) is 6. The summed E-state index contributed by atoms with van der Waals surface area (Å²) in [5.74, 6) is 0.229. The quantitative estimate of drug-likeness (QED) is 0.218. The molecule has 190 valence electrons. The number of para-hydroxylation sites is 1. The smallest absolute Gasteiger partial charge is 0.240 e. The number of nitriles is 1. The van der Waals surface area contributed by atoms with Gasteiger partial charge in [0.15, 0.2) is 11.5 Å². The van der Waals surface area contributed by atoms with Crippen molar-refractivity contribution in [3.05, 3.63) is 86.8 Å². The van der Waals surface area contributed by atoms with Crippen molar-refractivity contribution in [2.24, 2.45) is 5.10 Å². The maximum absolute atomic E-state index is 12.1. The summed E-state index contributed by atoms with van der Waals surface area (Å²) in [4.78, 5) is 24.2. The van der Waals surface area contributed by atoms with Gasteiger partial charge in [-0.2, -0.15) is 10.4 Å². The summed E-state index contributed by atoms with van der Waals surface area (Å²) in [5, 5.41) is 16.4. The van der Waals surface area contributed by atoms with Gasteiger partial charge in [-0.3, -0.25) is 9.59 Å². The van der Waals surface area contributed by atoms with Crippen LogP contribution in [0.15, 0.2) is 70.2 Å². The van der Waals surface area contributed by atoms with Gasteiger partial charge >= 0.3 is 0 Å². The minimum Gasteiger partial charge on any atom is -0.490 e. The number of rotatable bonds is 11. The molecule has 3 aromatic carbocycles. The van der Waals surface area contributed by atoms with Crippen LogP contribution >= 0.6 is 27.5 Å². The molecule has 0 unspecified atom stereocenters. The summed E-state index contributed by atoms with van der Waals surface area (Å²) in [6, 6.07) is 19.7. The number of anilines is 1. The Kier molecular flexibility index (Phi) is 10.5. The molecule has 2 amide bonds. The highest BCUT2D eigenvalue weighted by Gasteiger charge is 2.14. The van der Waals surface area contributed by atoms with E-state index in [0.717, 1.165) is 5.56 Å². The van der Waals surface area contributed by atoms with E-state index >= 15 is 0 Å². The average molecular weight is 584 g/mol. The molecule has 0 aliphatic heterocycles. The minimum absolute atomic E-state index is 0.0203. The van der Waals surface area contributed by atoms with Gasteiger partial charge in [-0.1, -0.05) is 41.9 Å². The number of nitrogens with zero attached hydrogens (tertiary/aromatic N) is 2. The Balaban J connectivity index is 1.57. The summed E-state index contributed by atoms with van der Waals surface area (Å²) < 4.78 is 12.3. The highest BCUT2D eigenvalue weighted by molar-refractivity contribution is 9.10. The van der Waals surface area contributed by atoms with Crippen LogP contribution < -0.4 is 20.2 Å². The Morgan fingerprint density at radius 2 is 1.81 bits per heavy atom. The lowest BCUT2D eigenvalue weighted by atomic mass is 10.1. The monoisotopic (exact) mass is 582 g/mol. The van der Waals surface area contributed by atoms with E-state index in [1.165, 1.54) is 6.21 Å². The van der Waals surface area contributed by atoms with Crippen LogP contribution in [-0.4, -0.2) is 24.6 Å². The van der Waals surface area contributed by atoms with E-state index in [1.54, 1.807) is 48.5 Å². The van der Waals surface area contributed by atoms with Crippen molar-refractivity contribution in [2.75, 3.05) is 11.9 Å². The first-order valence-electron chi connectivity index (χ1n) is 11.3. The first-order chi connectivity index (χ1) is 17.9. The molecule has 0 aliphatic carbocycles. The predicted molar refractivity (Wildman–Crippen MR) is 146 cm³/mol. The number of hydrazone groups is 1. The van der Waals surface area contributed by atoms with Crippen molar-refractivity contribution in [3.8, 4) is 17.6 Å². The molecule has 0 saturated heterocycles. The maximum Gasteiger partial charge on any atom is 0.240 e. The Hall–Kier alpha value is -3.87. The molecular weight excluding hydrogens is 560 g/mol. The Labute approximate surface area is 228 Å². The first-order valence-corrected chi connectivity index (χ1v) is 12.5. The highest BCUT2D eigenvalue weighted by atomic mass is 79.9. The summed E-state index contributed by atoms with van der Waals surface area (Å²) in [6.45, 7) is 2.45. The first kappa shape index (κ1) is 27.7. The molecule has 3 rings (SSSR count). The lowest BCUT2D eigenvalue weighted by Crippen LogP contribution is -2.20. The van der Waals surface area contributed by atoms with E-state index in [-0.39, 0.29) is 25.4 Å². The molecule has 0 aromatic heterocycles. The zero-order valence-electron chi connectivity index (χ0n) is 20.0. The van der Waals surface area contributed by atoms with Crippen LogP contribution in [0.5, 0.6) is 11.5 Å². The van der Waals surface area contributed by atoms with Gasteiger partial charge in [0.05, 0.1) is 39.6 Å². The molecule has 10 heteroatoms. The number of hydrogen-bond donors (Lipinski definition) is 2. The van der Waals surface area contributed by atoms with E-state index in [4.69, 9.17) is 21.1 Å². The molecule has 37 heavy (non-hydrogen) atoms. The second-order valence-corrected chi connectivity index (χ2v) is 8.90. The highest BCUT2D eigenvalue weighted by Crippen LogP contribution is 2.37. The van der Waals surface area contributed by atoms with E-state index < -0.39 is 5.91 Å². The SMILES string of the molecule is CCOc1cc(C=NNC(=O)CCC(=O)Nc2ccccc2Cl)cc(Br)c1OCc1ccccc1C#N. The van der Waals surface area contributed by atoms with Gasteiger partial charge in [0.2, 0.25) is 11.8 Å². The molecule has 3 aromatic rings. The minimum atomic E-state index is -0.411. The molecule has 0 heterocycles. The van der Waals surface area contributed by atoms with E-state index in [2.05, 4.69) is 37.8 Å². The normalized spacial score (nSPS) is 10.5. The van der Waals surface area contributed by atoms with Crippen LogP contribution in [0.2, 0.25) is 5.02 Å². The standard InChI is InChI=1S/C27H24BrClN4O4/c1-2-36-24-14-18(13-21(28)27(24)37-17-20-8-4-3-7-19(20)15-30)16-31-33-26(35)12-11-25(34)32-23-10-6-5-9-22(23)29/h3-10,13-14,16H,2,11-12,17H2,1H3,(H,32,34)(H,33,35). The van der Waals surface area contributed by atoms with Crippen LogP contribution in [0, 0.1) is 11.3 Å². The molecule has 0 radical (unpaired) electrons. The topological polar surface area (TPSA) is 113 Å². The van der Waals surface area contributed by atoms with Gasteiger partial charge in [-0.15, -0.1) is 0 Å². The van der Waals surface area contributed by atoms with Crippen molar-refractivity contribution < 1.29 is 19.1 Å². The predicted octanol–water partition coefficient (Wildman–Crippen LogP) is 5.82. The Bertz CT molecular complexity index is 1340. The number of amides is 2. The van der Waals surface area contributed by atoms with Gasteiger partial charge in [-0.05, 0) is 58.7 Å². The fourth-order valence-corrected chi connectivity index (χ4v) is 3.96. The number of benzene rings is 3. The summed E-state index contributed by atoms with van der Waals surface area (Å²) in [7, 11) is 0. The summed E-state index contributed by atoms with van der Waals surface area (Å²) in [5.41, 5.74) is 4.85. The largest absolute Gasteiger partial charge is 0.490 e. The molecule has 0 atom stereocenters. The van der Waals surface area contributed by atoms with Gasteiger partial charge in [-0.25, -0.2) is 5.43 Å². The van der Waals surface area contributed by atoms with E-state index in [9.17, 15) is 14.9 Å². The number of carbonyl (C=O) groups is 2. The lowest BCUT2D eigenvalue weighted by molar-refractivity contribution is -0.124. The Morgan fingerprint density at radius 3 is 2.57 bits per heavy atom. The fraction of sp³-hybridized carbons (Fsp3) is 0.185. The van der Waals surface area contributed by atoms with Crippen molar-refractivity contribution in [2.45, 2.75) is 26.4 Å². The van der Waals surface area contributed by atoms with Crippen LogP contribution in [-0.2, 0) is 16.2 Å². The molecular formula is C27H24BrClN4O4. The van der Waals surface area contributed by atoms with Gasteiger partial charge in [0, 0.05) is 18.4 Å². The number of carbonyl (C=O) groups excluding carboxylic acids is 2. The zero-order valence-corrected chi connectivity index (χ0v) is 22.3. The van der Waals surface area contributed by atoms with Gasteiger partial charge < -0.3 is 14.8 Å². The van der Waals surface area contributed by atoms with Gasteiger partial charge in [0.25, 0.3) is 0 Å². The Morgan fingerprint density at radius 1 is 1.08 bits per heavy atom. The van der Waals surface area contributed by atoms with Gasteiger partial charge in [0.1, 0.15) is 6.61 Å². The average Bonchev–Trinajstić information content (AvgIpc) is 2.89. The molecule has 0 aliphatic rings. The summed E-state index contributed by atoms with van der Waals surface area (Å²) in [6.07, 6.45) is 1.40. The van der Waals surface area contributed by atoms with Crippen molar-refractivity contribution >= 4 is 51.2 Å². The van der Waals surface area contributed by atoms with Crippen molar-refractivity contribution in [1.29, 1.82) is 5.26 Å². The molecule has 0 bridgehead atoms. The lowest BCUT2D eigenvalue weighted by Gasteiger charge is -2.15. The third-order valence-corrected chi connectivity index (χ3v) is 5.89. The zero-order chi connectivity index (χ0) is 26.6. The molecule has 0 spiro atoms. The van der Waals surface area contributed by atoms with Crippen molar-refractivity contribution in [1.82, 2.24) is 5.43 Å². The van der Waals surface area contributed by atoms with E-state index in [0.29, 0.717) is 44.4 Å². The van der Waals surface area contributed by atoms with Crippen LogP contribution in [0.25, 0.3) is 0 Å². The second kappa shape index (κ2) is 14.0. The molecule has 8 nitrogen and oxygen atoms in total. The number of halogens is 2. The third-order valence-electron chi connectivity index (χ3n) is 4.97. The molecule has 2 N–H and O–H groups in total. The van der Waals surface area contributed by atoms with E-state index in [1.807, 2.05) is 19.1 Å².